The van der Waals surface area contributed by atoms with Crippen molar-refractivity contribution in [3.05, 3.63) is 66.7 Å². The number of benzene rings is 3. The third-order valence-electron chi connectivity index (χ3n) is 2.94. The summed E-state index contributed by atoms with van der Waals surface area (Å²) >= 11 is 0. The molecule has 0 atom stereocenters. The van der Waals surface area contributed by atoms with Gasteiger partial charge in [-0.1, -0.05) is 54.6 Å². The van der Waals surface area contributed by atoms with Crippen molar-refractivity contribution in [2.75, 3.05) is 5.73 Å². The van der Waals surface area contributed by atoms with E-state index in [1.54, 1.807) is 6.07 Å². The molecule has 0 saturated carbocycles. The average molecular weight is 220 g/mol. The fourth-order valence-corrected chi connectivity index (χ4v) is 2.08. The van der Waals surface area contributed by atoms with Gasteiger partial charge in [0.15, 0.2) is 0 Å². The lowest BCUT2D eigenvalue weighted by atomic mass is 9.98. The van der Waals surface area contributed by atoms with E-state index in [2.05, 4.69) is 24.3 Å². The SMILES string of the molecule is [2H]c1cc(-c2cccc3ccccc23)ccc1N. The Hall–Kier alpha value is -2.28. The van der Waals surface area contributed by atoms with Gasteiger partial charge in [0, 0.05) is 5.69 Å². The molecular weight excluding hydrogens is 206 g/mol. The maximum Gasteiger partial charge on any atom is 0.0645 e. The van der Waals surface area contributed by atoms with E-state index >= 15 is 0 Å². The number of nitrogen functional groups attached to an aromatic ring is 1. The Bertz CT molecular complexity index is 714. The van der Waals surface area contributed by atoms with Crippen molar-refractivity contribution in [3.63, 3.8) is 0 Å². The maximum atomic E-state index is 7.79. The van der Waals surface area contributed by atoms with Crippen molar-refractivity contribution < 1.29 is 1.37 Å². The van der Waals surface area contributed by atoms with Crippen molar-refractivity contribution in [2.24, 2.45) is 0 Å². The van der Waals surface area contributed by atoms with E-state index in [1.165, 1.54) is 10.8 Å². The molecule has 0 unspecified atom stereocenters. The summed E-state index contributed by atoms with van der Waals surface area (Å²) < 4.78 is 7.79. The monoisotopic (exact) mass is 220 g/mol. The zero-order chi connectivity index (χ0) is 12.5. The molecule has 0 aromatic heterocycles. The first-order valence-electron chi connectivity index (χ1n) is 6.10. The quantitative estimate of drug-likeness (QED) is 0.614. The molecule has 3 aromatic rings. The molecule has 0 fully saturated rings. The smallest absolute Gasteiger partial charge is 0.0645 e. The molecule has 0 radical (unpaired) electrons. The third kappa shape index (κ3) is 1.76. The van der Waals surface area contributed by atoms with E-state index in [4.69, 9.17) is 7.10 Å². The van der Waals surface area contributed by atoms with Gasteiger partial charge in [0.05, 0.1) is 1.37 Å². The van der Waals surface area contributed by atoms with Crippen molar-refractivity contribution in [1.82, 2.24) is 0 Å². The van der Waals surface area contributed by atoms with Crippen LogP contribution < -0.4 is 5.73 Å². The van der Waals surface area contributed by atoms with Crippen LogP contribution in [0.15, 0.2) is 66.7 Å². The van der Waals surface area contributed by atoms with Crippen LogP contribution in [0.1, 0.15) is 1.37 Å². The molecule has 0 aliphatic heterocycles. The zero-order valence-corrected chi connectivity index (χ0v) is 9.35. The van der Waals surface area contributed by atoms with E-state index in [-0.39, 0.29) is 0 Å². The number of hydrogen-bond acceptors (Lipinski definition) is 1. The van der Waals surface area contributed by atoms with Crippen LogP contribution in [-0.4, -0.2) is 0 Å². The fourth-order valence-electron chi connectivity index (χ4n) is 2.08. The summed E-state index contributed by atoms with van der Waals surface area (Å²) in [5.74, 6) is 0. The van der Waals surface area contributed by atoms with Crippen molar-refractivity contribution in [1.29, 1.82) is 0 Å². The number of hydrogen-bond donors (Lipinski definition) is 1. The van der Waals surface area contributed by atoms with Crippen LogP contribution in [-0.2, 0) is 0 Å². The highest BCUT2D eigenvalue weighted by Crippen LogP contribution is 2.28. The lowest BCUT2D eigenvalue weighted by Gasteiger charge is -2.06. The second kappa shape index (κ2) is 3.95. The van der Waals surface area contributed by atoms with Gasteiger partial charge in [0.1, 0.15) is 0 Å². The lowest BCUT2D eigenvalue weighted by Crippen LogP contribution is -1.85. The molecule has 2 N–H and O–H groups in total. The average Bonchev–Trinajstić information content (AvgIpc) is 2.41. The van der Waals surface area contributed by atoms with Crippen LogP contribution in [0.4, 0.5) is 5.69 Å². The molecule has 0 bridgehead atoms. The molecule has 3 aromatic carbocycles. The number of rotatable bonds is 1. The van der Waals surface area contributed by atoms with Gasteiger partial charge in [-0.3, -0.25) is 0 Å². The minimum absolute atomic E-state index is 0.375. The first kappa shape index (κ1) is 8.82. The Labute approximate surface area is 102 Å². The molecule has 17 heavy (non-hydrogen) atoms. The fraction of sp³-hybridized carbons (Fsp3) is 0. The van der Waals surface area contributed by atoms with Crippen LogP contribution in [0.5, 0.6) is 0 Å². The number of anilines is 1. The summed E-state index contributed by atoms with van der Waals surface area (Å²) in [6.07, 6.45) is 0. The lowest BCUT2D eigenvalue weighted by molar-refractivity contribution is 1.64. The summed E-state index contributed by atoms with van der Waals surface area (Å²) in [5, 5.41) is 2.41. The van der Waals surface area contributed by atoms with Crippen LogP contribution in [0, 0.1) is 0 Å². The molecule has 0 amide bonds. The van der Waals surface area contributed by atoms with Gasteiger partial charge in [-0.15, -0.1) is 0 Å². The molecule has 0 aliphatic rings. The first-order chi connectivity index (χ1) is 8.75. The first-order valence-corrected chi connectivity index (χ1v) is 5.60. The van der Waals surface area contributed by atoms with Gasteiger partial charge >= 0.3 is 0 Å². The Morgan fingerprint density at radius 3 is 2.53 bits per heavy atom. The molecular formula is C16H13N. The Morgan fingerprint density at radius 1 is 0.824 bits per heavy atom. The molecule has 0 saturated heterocycles. The molecule has 3 rings (SSSR count). The summed E-state index contributed by atoms with van der Waals surface area (Å²) in [4.78, 5) is 0. The second-order valence-corrected chi connectivity index (χ2v) is 4.06. The number of nitrogens with two attached hydrogens (primary N) is 1. The normalized spacial score (nSPS) is 11.4. The van der Waals surface area contributed by atoms with Gasteiger partial charge < -0.3 is 5.73 Å². The molecule has 0 spiro atoms. The maximum absolute atomic E-state index is 7.79. The second-order valence-electron chi connectivity index (χ2n) is 4.06. The summed E-state index contributed by atoms with van der Waals surface area (Å²) in [6.45, 7) is 0. The standard InChI is InChI=1S/C16H13N/c17-14-10-8-13(9-11-14)16-7-3-5-12-4-1-2-6-15(12)16/h1-11H,17H2/i10D. The predicted molar refractivity (Wildman–Crippen MR) is 73.8 cm³/mol. The number of fused-ring (bicyclic) bond motifs is 1. The van der Waals surface area contributed by atoms with Gasteiger partial charge in [-0.05, 0) is 34.0 Å². The summed E-state index contributed by atoms with van der Waals surface area (Å²) in [6, 6.07) is 20.4. The van der Waals surface area contributed by atoms with Gasteiger partial charge in [-0.25, -0.2) is 0 Å². The third-order valence-corrected chi connectivity index (χ3v) is 2.94. The minimum atomic E-state index is 0.375. The Balaban J connectivity index is 2.28. The van der Waals surface area contributed by atoms with Crippen molar-refractivity contribution in [2.45, 2.75) is 0 Å². The van der Waals surface area contributed by atoms with E-state index in [0.29, 0.717) is 11.7 Å². The van der Waals surface area contributed by atoms with Gasteiger partial charge in [0.25, 0.3) is 0 Å². The van der Waals surface area contributed by atoms with E-state index in [9.17, 15) is 0 Å². The topological polar surface area (TPSA) is 26.0 Å². The zero-order valence-electron chi connectivity index (χ0n) is 10.4. The van der Waals surface area contributed by atoms with E-state index < -0.39 is 0 Å². The van der Waals surface area contributed by atoms with E-state index in [0.717, 1.165) is 11.1 Å². The highest BCUT2D eigenvalue weighted by Gasteiger charge is 2.02. The highest BCUT2D eigenvalue weighted by atomic mass is 14.5. The summed E-state index contributed by atoms with van der Waals surface area (Å²) in [7, 11) is 0. The molecule has 1 heteroatoms. The summed E-state index contributed by atoms with van der Waals surface area (Å²) in [5.41, 5.74) is 8.38. The van der Waals surface area contributed by atoms with Crippen LogP contribution in [0.3, 0.4) is 0 Å². The van der Waals surface area contributed by atoms with Crippen LogP contribution >= 0.6 is 0 Å². The van der Waals surface area contributed by atoms with E-state index in [1.807, 2.05) is 30.3 Å². The molecule has 82 valence electrons. The van der Waals surface area contributed by atoms with Crippen molar-refractivity contribution >= 4 is 16.5 Å². The largest absolute Gasteiger partial charge is 0.399 e. The molecule has 0 heterocycles. The molecule has 1 nitrogen and oxygen atoms in total. The Morgan fingerprint density at radius 2 is 1.65 bits per heavy atom. The minimum Gasteiger partial charge on any atom is -0.399 e. The van der Waals surface area contributed by atoms with Gasteiger partial charge in [-0.2, -0.15) is 0 Å². The highest BCUT2D eigenvalue weighted by molar-refractivity contribution is 5.96. The Kier molecular flexibility index (Phi) is 2.05. The van der Waals surface area contributed by atoms with Crippen LogP contribution in [0.25, 0.3) is 21.9 Å². The van der Waals surface area contributed by atoms with Gasteiger partial charge in [0.2, 0.25) is 0 Å². The molecule has 0 aliphatic carbocycles. The van der Waals surface area contributed by atoms with Crippen molar-refractivity contribution in [3.8, 4) is 11.1 Å². The predicted octanol–water partition coefficient (Wildman–Crippen LogP) is 4.09. The van der Waals surface area contributed by atoms with Crippen LogP contribution in [0.2, 0.25) is 0 Å².